The molecule has 0 unspecified atom stereocenters. The number of carbonyl (C=O) groups is 1. The Morgan fingerprint density at radius 1 is 1.32 bits per heavy atom. The molecule has 104 valence electrons. The molecule has 1 aromatic rings. The first-order chi connectivity index (χ1) is 8.68. The van der Waals surface area contributed by atoms with Crippen LogP contribution in [0.15, 0.2) is 18.2 Å². The van der Waals surface area contributed by atoms with Crippen molar-refractivity contribution < 1.29 is 9.18 Å². The van der Waals surface area contributed by atoms with Crippen molar-refractivity contribution in [2.75, 3.05) is 6.54 Å². The first-order valence-electron chi connectivity index (χ1n) is 6.41. The minimum atomic E-state index is -0.545. The first kappa shape index (κ1) is 14.3. The fraction of sp³-hybridized carbons (Fsp3) is 0.533. The van der Waals surface area contributed by atoms with E-state index in [0.717, 1.165) is 0 Å². The molecule has 0 atom stereocenters. The van der Waals surface area contributed by atoms with Gasteiger partial charge in [-0.15, -0.1) is 0 Å². The van der Waals surface area contributed by atoms with Gasteiger partial charge < -0.3 is 5.32 Å². The van der Waals surface area contributed by atoms with Crippen molar-refractivity contribution in [2.24, 2.45) is 16.7 Å². The van der Waals surface area contributed by atoms with Crippen molar-refractivity contribution in [3.05, 3.63) is 34.6 Å². The van der Waals surface area contributed by atoms with E-state index in [1.807, 2.05) is 0 Å². The van der Waals surface area contributed by atoms with E-state index in [0.29, 0.717) is 17.5 Å². The van der Waals surface area contributed by atoms with Crippen LogP contribution in [0, 0.1) is 22.6 Å². The third-order valence-corrected chi connectivity index (χ3v) is 5.19. The van der Waals surface area contributed by atoms with E-state index >= 15 is 0 Å². The Balaban J connectivity index is 2.02. The summed E-state index contributed by atoms with van der Waals surface area (Å²) in [5, 5.41) is 3.16. The summed E-state index contributed by atoms with van der Waals surface area (Å²) < 4.78 is 13.5. The van der Waals surface area contributed by atoms with E-state index in [-0.39, 0.29) is 16.4 Å². The summed E-state index contributed by atoms with van der Waals surface area (Å²) in [5.74, 6) is -0.541. The number of hydrogen-bond donors (Lipinski definition) is 1. The molecule has 0 bridgehead atoms. The fourth-order valence-electron chi connectivity index (χ4n) is 2.80. The lowest BCUT2D eigenvalue weighted by molar-refractivity contribution is 0.0946. The zero-order chi connectivity index (χ0) is 14.4. The lowest BCUT2D eigenvalue weighted by Crippen LogP contribution is -2.27. The van der Waals surface area contributed by atoms with Gasteiger partial charge in [-0.2, -0.15) is 0 Å². The van der Waals surface area contributed by atoms with Gasteiger partial charge in [0.2, 0.25) is 0 Å². The van der Waals surface area contributed by atoms with Gasteiger partial charge in [-0.05, 0) is 34.9 Å². The van der Waals surface area contributed by atoms with Gasteiger partial charge in [0.05, 0.1) is 5.56 Å². The number of rotatable bonds is 3. The lowest BCUT2D eigenvalue weighted by Gasteiger charge is -2.07. The van der Waals surface area contributed by atoms with Gasteiger partial charge in [-0.1, -0.05) is 39.3 Å². The predicted octanol–water partition coefficient (Wildman–Crippen LogP) is 3.89. The van der Waals surface area contributed by atoms with Crippen LogP contribution in [0.5, 0.6) is 0 Å². The predicted molar refractivity (Wildman–Crippen MR) is 74.8 cm³/mol. The van der Waals surface area contributed by atoms with Crippen LogP contribution in [0.1, 0.15) is 38.1 Å². The summed E-state index contributed by atoms with van der Waals surface area (Å²) in [6, 6.07) is 4.00. The Hall–Kier alpha value is -1.09. The first-order valence-corrected chi connectivity index (χ1v) is 6.79. The van der Waals surface area contributed by atoms with Gasteiger partial charge >= 0.3 is 0 Å². The highest BCUT2D eigenvalue weighted by atomic mass is 35.5. The van der Waals surface area contributed by atoms with Gasteiger partial charge in [0.15, 0.2) is 0 Å². The van der Waals surface area contributed by atoms with Gasteiger partial charge in [0.25, 0.3) is 5.91 Å². The zero-order valence-electron chi connectivity index (χ0n) is 11.7. The Kier molecular flexibility index (Phi) is 3.38. The molecule has 0 saturated heterocycles. The van der Waals surface area contributed by atoms with E-state index in [1.54, 1.807) is 0 Å². The largest absolute Gasteiger partial charge is 0.352 e. The Labute approximate surface area is 118 Å². The highest BCUT2D eigenvalue weighted by Crippen LogP contribution is 2.67. The van der Waals surface area contributed by atoms with E-state index in [2.05, 4.69) is 33.0 Å². The second-order valence-electron chi connectivity index (χ2n) is 6.33. The van der Waals surface area contributed by atoms with Gasteiger partial charge in [0.1, 0.15) is 5.82 Å². The number of nitrogens with one attached hydrogen (secondary N) is 1. The van der Waals surface area contributed by atoms with Gasteiger partial charge in [0, 0.05) is 11.6 Å². The van der Waals surface area contributed by atoms with Crippen LogP contribution in [-0.4, -0.2) is 12.5 Å². The van der Waals surface area contributed by atoms with Crippen LogP contribution in [0.4, 0.5) is 4.39 Å². The molecule has 0 aliphatic heterocycles. The molecule has 1 aliphatic rings. The zero-order valence-corrected chi connectivity index (χ0v) is 12.4. The third-order valence-electron chi connectivity index (χ3n) is 4.96. The highest BCUT2D eigenvalue weighted by Gasteiger charge is 2.64. The van der Waals surface area contributed by atoms with E-state index in [9.17, 15) is 9.18 Å². The topological polar surface area (TPSA) is 29.1 Å². The van der Waals surface area contributed by atoms with Crippen LogP contribution < -0.4 is 5.32 Å². The smallest absolute Gasteiger partial charge is 0.254 e. The Morgan fingerprint density at radius 2 is 1.89 bits per heavy atom. The molecule has 1 aromatic carbocycles. The molecule has 1 amide bonds. The maximum absolute atomic E-state index is 13.5. The molecule has 1 N–H and O–H groups in total. The molecule has 0 spiro atoms. The molecule has 0 radical (unpaired) electrons. The summed E-state index contributed by atoms with van der Waals surface area (Å²) in [5.41, 5.74) is 0.407. The average Bonchev–Trinajstić information content (AvgIpc) is 2.70. The van der Waals surface area contributed by atoms with Crippen LogP contribution in [0.3, 0.4) is 0 Å². The third kappa shape index (κ3) is 2.36. The summed E-state index contributed by atoms with van der Waals surface area (Å²) in [4.78, 5) is 12.0. The monoisotopic (exact) mass is 283 g/mol. The van der Waals surface area contributed by atoms with Crippen LogP contribution in [0.2, 0.25) is 5.02 Å². The average molecular weight is 284 g/mol. The fourth-order valence-corrected chi connectivity index (χ4v) is 2.98. The van der Waals surface area contributed by atoms with E-state index < -0.39 is 11.7 Å². The van der Waals surface area contributed by atoms with Gasteiger partial charge in [-0.3, -0.25) is 4.79 Å². The molecule has 2 nitrogen and oxygen atoms in total. The Morgan fingerprint density at radius 3 is 2.42 bits per heavy atom. The number of hydrogen-bond acceptors (Lipinski definition) is 1. The molecule has 1 aliphatic carbocycles. The molecule has 0 heterocycles. The van der Waals surface area contributed by atoms with Crippen molar-refractivity contribution in [1.29, 1.82) is 0 Å². The van der Waals surface area contributed by atoms with Crippen molar-refractivity contribution >= 4 is 17.5 Å². The molecular formula is C15H19ClFNO. The second-order valence-corrected chi connectivity index (χ2v) is 6.77. The number of amides is 1. The van der Waals surface area contributed by atoms with Crippen LogP contribution >= 0.6 is 11.6 Å². The summed E-state index contributed by atoms with van der Waals surface area (Å²) in [6.07, 6.45) is 0. The number of benzene rings is 1. The lowest BCUT2D eigenvalue weighted by atomic mass is 10.0. The maximum atomic E-state index is 13.5. The van der Waals surface area contributed by atoms with Crippen LogP contribution in [-0.2, 0) is 0 Å². The highest BCUT2D eigenvalue weighted by molar-refractivity contribution is 6.30. The number of carbonyl (C=O) groups excluding carboxylic acids is 1. The van der Waals surface area contributed by atoms with E-state index in [4.69, 9.17) is 11.6 Å². The number of halogens is 2. The summed E-state index contributed by atoms with van der Waals surface area (Å²) in [7, 11) is 0. The molecular weight excluding hydrogens is 265 g/mol. The minimum Gasteiger partial charge on any atom is -0.352 e. The van der Waals surface area contributed by atoms with E-state index in [1.165, 1.54) is 18.2 Å². The molecule has 1 fully saturated rings. The van der Waals surface area contributed by atoms with Gasteiger partial charge in [-0.25, -0.2) is 4.39 Å². The molecule has 2 rings (SSSR count). The van der Waals surface area contributed by atoms with Crippen molar-refractivity contribution in [2.45, 2.75) is 27.7 Å². The van der Waals surface area contributed by atoms with Crippen LogP contribution in [0.25, 0.3) is 0 Å². The quantitative estimate of drug-likeness (QED) is 0.896. The SMILES string of the molecule is CC1(C)C(CNC(=O)c2cc(Cl)ccc2F)C1(C)C. The second kappa shape index (κ2) is 4.48. The Bertz CT molecular complexity index is 511. The van der Waals surface area contributed by atoms with Crippen molar-refractivity contribution in [3.8, 4) is 0 Å². The minimum absolute atomic E-state index is 0.00348. The molecule has 4 heteroatoms. The maximum Gasteiger partial charge on any atom is 0.254 e. The normalized spacial score (nSPS) is 20.1. The summed E-state index contributed by atoms with van der Waals surface area (Å²) >= 11 is 5.78. The van der Waals surface area contributed by atoms with Crippen molar-refractivity contribution in [1.82, 2.24) is 5.32 Å². The summed E-state index contributed by atoms with van der Waals surface area (Å²) in [6.45, 7) is 9.30. The van der Waals surface area contributed by atoms with Crippen molar-refractivity contribution in [3.63, 3.8) is 0 Å². The molecule has 19 heavy (non-hydrogen) atoms. The molecule has 1 saturated carbocycles. The standard InChI is InChI=1S/C15H19ClFNO/c1-14(2)12(15(14,3)4)8-18-13(19)10-7-9(16)5-6-11(10)17/h5-7,12H,8H2,1-4H3,(H,18,19). The molecule has 0 aromatic heterocycles.